The minimum atomic E-state index is -0.186. The Morgan fingerprint density at radius 2 is 2.20 bits per heavy atom. The lowest BCUT2D eigenvalue weighted by molar-refractivity contribution is -0.115. The molecule has 0 aliphatic carbocycles. The van der Waals surface area contributed by atoms with Gasteiger partial charge in [0.05, 0.1) is 18.6 Å². The van der Waals surface area contributed by atoms with Crippen LogP contribution in [0.2, 0.25) is 0 Å². The van der Waals surface area contributed by atoms with Gasteiger partial charge < -0.3 is 20.1 Å². The van der Waals surface area contributed by atoms with Crippen LogP contribution >= 0.6 is 11.3 Å². The molecule has 30 heavy (non-hydrogen) atoms. The normalized spacial score (nSPS) is 18.4. The van der Waals surface area contributed by atoms with E-state index in [-0.39, 0.29) is 18.0 Å². The summed E-state index contributed by atoms with van der Waals surface area (Å²) in [4.78, 5) is 25.8. The lowest BCUT2D eigenvalue weighted by Crippen LogP contribution is -2.40. The molecule has 4 aromatic rings. The second-order valence-corrected chi connectivity index (χ2v) is 8.33. The molecule has 1 aromatic carbocycles. The van der Waals surface area contributed by atoms with Crippen molar-refractivity contribution in [1.29, 1.82) is 0 Å². The van der Waals surface area contributed by atoms with Gasteiger partial charge in [0.15, 0.2) is 11.7 Å². The molecule has 0 saturated carbocycles. The maximum Gasteiger partial charge on any atom is 0.286 e. The van der Waals surface area contributed by atoms with Crippen LogP contribution in [0.4, 0.5) is 0 Å². The third-order valence-corrected chi connectivity index (χ3v) is 5.95. The zero-order chi connectivity index (χ0) is 20.7. The number of hydrogen-bond acceptors (Lipinski definition) is 7. The van der Waals surface area contributed by atoms with Gasteiger partial charge in [-0.1, -0.05) is 17.3 Å². The van der Waals surface area contributed by atoms with Crippen molar-refractivity contribution in [1.82, 2.24) is 25.8 Å². The van der Waals surface area contributed by atoms with Crippen molar-refractivity contribution in [3.63, 3.8) is 0 Å². The summed E-state index contributed by atoms with van der Waals surface area (Å²) < 4.78 is 5.25. The Bertz CT molecular complexity index is 1240. The number of hydrogen-bond donors (Lipinski definition) is 3. The summed E-state index contributed by atoms with van der Waals surface area (Å²) in [7, 11) is 0. The number of aliphatic imine (C=N–C) groups is 1. The molecule has 3 N–H and O–H groups in total. The van der Waals surface area contributed by atoms with Gasteiger partial charge in [-0.05, 0) is 49.1 Å². The van der Waals surface area contributed by atoms with E-state index in [1.165, 1.54) is 0 Å². The van der Waals surface area contributed by atoms with Gasteiger partial charge in [0.2, 0.25) is 0 Å². The van der Waals surface area contributed by atoms with Crippen LogP contribution in [0, 0.1) is 6.92 Å². The first kappa shape index (κ1) is 18.6. The molecule has 0 saturated heterocycles. The van der Waals surface area contributed by atoms with Crippen LogP contribution in [0.3, 0.4) is 0 Å². The van der Waals surface area contributed by atoms with E-state index in [9.17, 15) is 4.79 Å². The third-order valence-electron chi connectivity index (χ3n) is 5.07. The number of H-pyrrole nitrogens is 1. The van der Waals surface area contributed by atoms with Gasteiger partial charge in [0, 0.05) is 15.8 Å². The lowest BCUT2D eigenvalue weighted by Gasteiger charge is -2.14. The number of benzene rings is 1. The van der Waals surface area contributed by atoms with Gasteiger partial charge in [0.1, 0.15) is 5.69 Å². The molecule has 0 radical (unpaired) electrons. The number of aromatic nitrogens is 3. The summed E-state index contributed by atoms with van der Waals surface area (Å²) in [5, 5.41) is 13.0. The number of thiophene rings is 1. The summed E-state index contributed by atoms with van der Waals surface area (Å²) >= 11 is 1.62. The highest BCUT2D eigenvalue weighted by Crippen LogP contribution is 2.30. The summed E-state index contributed by atoms with van der Waals surface area (Å²) in [6, 6.07) is 11.9. The van der Waals surface area contributed by atoms with Crippen molar-refractivity contribution in [2.24, 2.45) is 4.99 Å². The standard InChI is InChI=1S/C21H20N6O2S/c1-11-18(26-19(23-11)20(28)22-10-15-4-3-7-30-15)13-5-6-16-14(8-13)9-17(25-16)21-24-12(2)27-29-21/h3-9,11,18,25H,10H2,1-2H3,(H,22,28)(H,23,26). The molecule has 4 heterocycles. The molecule has 1 amide bonds. The Hall–Kier alpha value is -3.46. The molecule has 152 valence electrons. The SMILES string of the molecule is Cc1noc(-c2cc3cc(C4N=C(C(=O)NCc5cccs5)NC4C)ccc3[nH]2)n1. The van der Waals surface area contributed by atoms with Crippen LogP contribution in [0.1, 0.15) is 29.2 Å². The highest BCUT2D eigenvalue weighted by molar-refractivity contribution is 7.09. The molecule has 8 nitrogen and oxygen atoms in total. The largest absolute Gasteiger partial charge is 0.361 e. The number of carbonyl (C=O) groups excluding carboxylic acids is 1. The van der Waals surface area contributed by atoms with Crippen LogP contribution < -0.4 is 10.6 Å². The van der Waals surface area contributed by atoms with Gasteiger partial charge in [-0.15, -0.1) is 11.3 Å². The Balaban J connectivity index is 1.36. The fraction of sp³-hybridized carbons (Fsp3) is 0.238. The average molecular weight is 420 g/mol. The Labute approximate surface area is 176 Å². The number of amidine groups is 1. The Kier molecular flexibility index (Phi) is 4.59. The number of nitrogens with zero attached hydrogens (tertiary/aromatic N) is 3. The first-order valence-corrected chi connectivity index (χ1v) is 10.5. The first-order chi connectivity index (χ1) is 14.6. The van der Waals surface area contributed by atoms with E-state index >= 15 is 0 Å². The van der Waals surface area contributed by atoms with Crippen LogP contribution in [0.5, 0.6) is 0 Å². The number of aryl methyl sites for hydroxylation is 1. The summed E-state index contributed by atoms with van der Waals surface area (Å²) in [6.07, 6.45) is 0. The fourth-order valence-electron chi connectivity index (χ4n) is 3.59. The van der Waals surface area contributed by atoms with Crippen molar-refractivity contribution in [2.45, 2.75) is 32.5 Å². The van der Waals surface area contributed by atoms with Gasteiger partial charge in [-0.2, -0.15) is 4.98 Å². The molecule has 0 fully saturated rings. The van der Waals surface area contributed by atoms with Crippen molar-refractivity contribution >= 4 is 34.0 Å². The molecule has 0 spiro atoms. The van der Waals surface area contributed by atoms with Gasteiger partial charge >= 0.3 is 0 Å². The van der Waals surface area contributed by atoms with Crippen LogP contribution in [-0.2, 0) is 11.3 Å². The monoisotopic (exact) mass is 420 g/mol. The molecular formula is C21H20N6O2S. The van der Waals surface area contributed by atoms with Crippen molar-refractivity contribution in [3.8, 4) is 11.6 Å². The zero-order valence-electron chi connectivity index (χ0n) is 16.5. The van der Waals surface area contributed by atoms with Crippen molar-refractivity contribution < 1.29 is 9.32 Å². The molecule has 1 aliphatic rings. The smallest absolute Gasteiger partial charge is 0.286 e. The molecule has 2 atom stereocenters. The number of amides is 1. The summed E-state index contributed by atoms with van der Waals surface area (Å²) in [5.74, 6) is 1.24. The third kappa shape index (κ3) is 3.48. The fourth-order valence-corrected chi connectivity index (χ4v) is 4.24. The van der Waals surface area contributed by atoms with Gasteiger partial charge in [-0.3, -0.25) is 9.79 Å². The molecule has 2 unspecified atom stereocenters. The number of fused-ring (bicyclic) bond motifs is 1. The summed E-state index contributed by atoms with van der Waals surface area (Å²) in [5.41, 5.74) is 2.79. The highest BCUT2D eigenvalue weighted by atomic mass is 32.1. The Morgan fingerprint density at radius 1 is 1.30 bits per heavy atom. The predicted octanol–water partition coefficient (Wildman–Crippen LogP) is 3.34. The van der Waals surface area contributed by atoms with Crippen LogP contribution in [0.25, 0.3) is 22.5 Å². The molecule has 5 rings (SSSR count). The van der Waals surface area contributed by atoms with Crippen molar-refractivity contribution in [3.05, 3.63) is 58.0 Å². The van der Waals surface area contributed by atoms with Crippen LogP contribution in [-0.4, -0.2) is 32.9 Å². The maximum absolute atomic E-state index is 12.5. The number of nitrogens with one attached hydrogen (secondary N) is 3. The van der Waals surface area contributed by atoms with Crippen LogP contribution in [0.15, 0.2) is 51.3 Å². The van der Waals surface area contributed by atoms with E-state index in [0.717, 1.165) is 27.0 Å². The molecule has 9 heteroatoms. The number of carbonyl (C=O) groups is 1. The van der Waals surface area contributed by atoms with E-state index in [1.54, 1.807) is 18.3 Å². The average Bonchev–Trinajstić information content (AvgIpc) is 3.51. The summed E-state index contributed by atoms with van der Waals surface area (Å²) in [6.45, 7) is 4.32. The molecule has 1 aliphatic heterocycles. The topological polar surface area (TPSA) is 108 Å². The molecular weight excluding hydrogens is 400 g/mol. The predicted molar refractivity (Wildman–Crippen MR) is 115 cm³/mol. The number of rotatable bonds is 5. The maximum atomic E-state index is 12.5. The van der Waals surface area contributed by atoms with Crippen molar-refractivity contribution in [2.75, 3.05) is 0 Å². The second kappa shape index (κ2) is 7.42. The highest BCUT2D eigenvalue weighted by Gasteiger charge is 2.30. The van der Waals surface area contributed by atoms with E-state index in [2.05, 4.69) is 36.8 Å². The Morgan fingerprint density at radius 3 is 2.97 bits per heavy atom. The van der Waals surface area contributed by atoms with E-state index < -0.39 is 0 Å². The van der Waals surface area contributed by atoms with E-state index in [1.807, 2.05) is 42.6 Å². The van der Waals surface area contributed by atoms with E-state index in [0.29, 0.717) is 24.1 Å². The molecule has 3 aromatic heterocycles. The van der Waals surface area contributed by atoms with Gasteiger partial charge in [-0.25, -0.2) is 0 Å². The quantitative estimate of drug-likeness (QED) is 0.459. The van der Waals surface area contributed by atoms with Gasteiger partial charge in [0.25, 0.3) is 11.8 Å². The molecule has 0 bridgehead atoms. The minimum absolute atomic E-state index is 0.0157. The van der Waals surface area contributed by atoms with E-state index in [4.69, 9.17) is 4.52 Å². The second-order valence-electron chi connectivity index (χ2n) is 7.29. The zero-order valence-corrected chi connectivity index (χ0v) is 17.3. The first-order valence-electron chi connectivity index (χ1n) is 9.65. The minimum Gasteiger partial charge on any atom is -0.361 e. The lowest BCUT2D eigenvalue weighted by atomic mass is 10.0. The number of aromatic amines is 1.